The topological polar surface area (TPSA) is 83.0 Å². The number of rotatable bonds is 1. The Morgan fingerprint density at radius 2 is 2.20 bits per heavy atom. The van der Waals surface area contributed by atoms with Crippen LogP contribution in [-0.4, -0.2) is 21.0 Å². The Balaban J connectivity index is 0.00000112. The molecule has 78 valence electrons. The SMILES string of the molecule is Cl.O=C(O)c1cc2cccnc2[nH]c1=O. The smallest absolute Gasteiger partial charge is 0.341 e. The molecule has 6 heteroatoms. The molecule has 2 N–H and O–H groups in total. The maximum Gasteiger partial charge on any atom is 0.341 e. The maximum atomic E-state index is 11.2. The number of pyridine rings is 2. The van der Waals surface area contributed by atoms with Crippen LogP contribution in [0.2, 0.25) is 0 Å². The van der Waals surface area contributed by atoms with E-state index in [1.807, 2.05) is 0 Å². The standard InChI is InChI=1S/C9H6N2O3.ClH/c12-8-6(9(13)14)4-5-2-1-3-10-7(5)11-8;/h1-4H,(H,13,14)(H,10,11,12);1H. The van der Waals surface area contributed by atoms with Crippen LogP contribution in [0.15, 0.2) is 29.2 Å². The Morgan fingerprint density at radius 3 is 2.87 bits per heavy atom. The van der Waals surface area contributed by atoms with Gasteiger partial charge in [0.25, 0.3) is 5.56 Å². The monoisotopic (exact) mass is 226 g/mol. The predicted octanol–water partition coefficient (Wildman–Crippen LogP) is 1.04. The zero-order valence-corrected chi connectivity index (χ0v) is 8.25. The largest absolute Gasteiger partial charge is 0.477 e. The highest BCUT2D eigenvalue weighted by Gasteiger charge is 2.09. The number of nitrogens with one attached hydrogen (secondary N) is 1. The van der Waals surface area contributed by atoms with Crippen LogP contribution in [0.4, 0.5) is 0 Å². The molecule has 0 aliphatic heterocycles. The number of carbonyl (C=O) groups is 1. The van der Waals surface area contributed by atoms with Crippen LogP contribution >= 0.6 is 12.4 Å². The second-order valence-electron chi connectivity index (χ2n) is 2.76. The fraction of sp³-hybridized carbons (Fsp3) is 0. The zero-order chi connectivity index (χ0) is 10.1. The fourth-order valence-corrected chi connectivity index (χ4v) is 1.19. The maximum absolute atomic E-state index is 11.2. The number of aromatic nitrogens is 2. The average molecular weight is 227 g/mol. The Hall–Kier alpha value is -1.88. The summed E-state index contributed by atoms with van der Waals surface area (Å²) in [4.78, 5) is 28.1. The minimum Gasteiger partial charge on any atom is -0.477 e. The highest BCUT2D eigenvalue weighted by molar-refractivity contribution is 5.91. The molecule has 5 nitrogen and oxygen atoms in total. The van der Waals surface area contributed by atoms with Gasteiger partial charge in [-0.2, -0.15) is 0 Å². The van der Waals surface area contributed by atoms with Crippen molar-refractivity contribution in [3.63, 3.8) is 0 Å². The summed E-state index contributed by atoms with van der Waals surface area (Å²) in [7, 11) is 0. The van der Waals surface area contributed by atoms with Gasteiger partial charge in [0.05, 0.1) is 0 Å². The van der Waals surface area contributed by atoms with Crippen molar-refractivity contribution in [1.82, 2.24) is 9.97 Å². The lowest BCUT2D eigenvalue weighted by Crippen LogP contribution is -2.17. The van der Waals surface area contributed by atoms with Crippen molar-refractivity contribution in [1.29, 1.82) is 0 Å². The van der Waals surface area contributed by atoms with Gasteiger partial charge in [-0.1, -0.05) is 0 Å². The molecule has 2 aromatic heterocycles. The van der Waals surface area contributed by atoms with E-state index in [2.05, 4.69) is 9.97 Å². The van der Waals surface area contributed by atoms with Gasteiger partial charge in [-0.3, -0.25) is 4.79 Å². The van der Waals surface area contributed by atoms with Gasteiger partial charge in [-0.15, -0.1) is 12.4 Å². The van der Waals surface area contributed by atoms with Crippen LogP contribution in [0.1, 0.15) is 10.4 Å². The van der Waals surface area contributed by atoms with E-state index >= 15 is 0 Å². The third-order valence-corrected chi connectivity index (χ3v) is 1.85. The number of fused-ring (bicyclic) bond motifs is 1. The first-order chi connectivity index (χ1) is 6.68. The number of carboxylic acids is 1. The predicted molar refractivity (Wildman–Crippen MR) is 56.6 cm³/mol. The molecule has 0 saturated heterocycles. The second-order valence-corrected chi connectivity index (χ2v) is 2.76. The number of aromatic amines is 1. The van der Waals surface area contributed by atoms with Crippen molar-refractivity contribution < 1.29 is 9.90 Å². The zero-order valence-electron chi connectivity index (χ0n) is 7.43. The van der Waals surface area contributed by atoms with Gasteiger partial charge < -0.3 is 10.1 Å². The summed E-state index contributed by atoms with van der Waals surface area (Å²) in [6, 6.07) is 4.67. The van der Waals surface area contributed by atoms with Crippen LogP contribution in [-0.2, 0) is 0 Å². The van der Waals surface area contributed by atoms with Crippen molar-refractivity contribution in [3.05, 3.63) is 40.3 Å². The molecule has 0 radical (unpaired) electrons. The van der Waals surface area contributed by atoms with E-state index in [0.29, 0.717) is 11.0 Å². The van der Waals surface area contributed by atoms with E-state index in [0.717, 1.165) is 0 Å². The first-order valence-corrected chi connectivity index (χ1v) is 3.90. The van der Waals surface area contributed by atoms with Gasteiger partial charge in [0.15, 0.2) is 0 Å². The number of carboxylic acid groups (broad SMARTS) is 1. The fourth-order valence-electron chi connectivity index (χ4n) is 1.19. The van der Waals surface area contributed by atoms with Crippen LogP contribution in [0.25, 0.3) is 11.0 Å². The molecule has 0 fully saturated rings. The molecule has 0 spiro atoms. The van der Waals surface area contributed by atoms with E-state index < -0.39 is 11.5 Å². The number of hydrogen-bond donors (Lipinski definition) is 2. The molecular weight excluding hydrogens is 220 g/mol. The summed E-state index contributed by atoms with van der Waals surface area (Å²) >= 11 is 0. The van der Waals surface area contributed by atoms with Crippen LogP contribution in [0.5, 0.6) is 0 Å². The summed E-state index contributed by atoms with van der Waals surface area (Å²) in [5.41, 5.74) is -0.517. The third-order valence-electron chi connectivity index (χ3n) is 1.85. The van der Waals surface area contributed by atoms with Crippen molar-refractivity contribution in [2.24, 2.45) is 0 Å². The van der Waals surface area contributed by atoms with E-state index in [4.69, 9.17) is 5.11 Å². The van der Waals surface area contributed by atoms with Gasteiger partial charge in [-0.25, -0.2) is 9.78 Å². The third kappa shape index (κ3) is 1.97. The quantitative estimate of drug-likeness (QED) is 0.761. The Bertz CT molecular complexity index is 565. The van der Waals surface area contributed by atoms with E-state index in [1.54, 1.807) is 12.1 Å². The molecule has 0 unspecified atom stereocenters. The molecular formula is C9H7ClN2O3. The lowest BCUT2D eigenvalue weighted by molar-refractivity contribution is 0.0695. The lowest BCUT2D eigenvalue weighted by atomic mass is 10.2. The van der Waals surface area contributed by atoms with E-state index in [-0.39, 0.29) is 18.0 Å². The molecule has 15 heavy (non-hydrogen) atoms. The molecule has 0 amide bonds. The number of halogens is 1. The minimum atomic E-state index is -1.24. The molecule has 2 rings (SSSR count). The summed E-state index contributed by atoms with van der Waals surface area (Å²) in [5, 5.41) is 9.29. The van der Waals surface area contributed by atoms with Crippen molar-refractivity contribution >= 4 is 29.4 Å². The van der Waals surface area contributed by atoms with Crippen LogP contribution in [0.3, 0.4) is 0 Å². The van der Waals surface area contributed by atoms with Gasteiger partial charge in [0.1, 0.15) is 11.2 Å². The average Bonchev–Trinajstić information content (AvgIpc) is 2.16. The molecule has 0 aliphatic rings. The van der Waals surface area contributed by atoms with Crippen molar-refractivity contribution in [2.75, 3.05) is 0 Å². The molecule has 0 atom stereocenters. The van der Waals surface area contributed by atoms with E-state index in [1.165, 1.54) is 12.3 Å². The number of H-pyrrole nitrogens is 1. The Labute approximate surface area is 90.2 Å². The summed E-state index contributed by atoms with van der Waals surface area (Å²) < 4.78 is 0. The van der Waals surface area contributed by atoms with Crippen LogP contribution < -0.4 is 5.56 Å². The van der Waals surface area contributed by atoms with E-state index in [9.17, 15) is 9.59 Å². The molecule has 0 bridgehead atoms. The minimum absolute atomic E-state index is 0. The highest BCUT2D eigenvalue weighted by atomic mass is 35.5. The van der Waals surface area contributed by atoms with Crippen molar-refractivity contribution in [2.45, 2.75) is 0 Å². The number of nitrogens with zero attached hydrogens (tertiary/aromatic N) is 1. The lowest BCUT2D eigenvalue weighted by Gasteiger charge is -1.97. The molecule has 2 aromatic rings. The molecule has 0 aromatic carbocycles. The number of hydrogen-bond acceptors (Lipinski definition) is 3. The van der Waals surface area contributed by atoms with Gasteiger partial charge in [-0.05, 0) is 18.2 Å². The summed E-state index contributed by atoms with van der Waals surface area (Å²) in [6.07, 6.45) is 1.53. The van der Waals surface area contributed by atoms with Crippen molar-refractivity contribution in [3.8, 4) is 0 Å². The molecule has 0 saturated carbocycles. The second kappa shape index (κ2) is 4.10. The summed E-state index contributed by atoms with van der Waals surface area (Å²) in [5.74, 6) is -1.24. The van der Waals surface area contributed by atoms with Gasteiger partial charge in [0, 0.05) is 11.6 Å². The van der Waals surface area contributed by atoms with Gasteiger partial charge in [0.2, 0.25) is 0 Å². The van der Waals surface area contributed by atoms with Gasteiger partial charge >= 0.3 is 5.97 Å². The first-order valence-electron chi connectivity index (χ1n) is 3.90. The summed E-state index contributed by atoms with van der Waals surface area (Å²) in [6.45, 7) is 0. The Kier molecular flexibility index (Phi) is 3.06. The van der Waals surface area contributed by atoms with Crippen LogP contribution in [0, 0.1) is 0 Å². The first kappa shape index (κ1) is 11.2. The molecule has 2 heterocycles. The Morgan fingerprint density at radius 1 is 1.47 bits per heavy atom. The normalized spacial score (nSPS) is 9.60. The highest BCUT2D eigenvalue weighted by Crippen LogP contribution is 2.06. The molecule has 0 aliphatic carbocycles. The number of aromatic carboxylic acids is 1.